The van der Waals surface area contributed by atoms with E-state index in [0.717, 1.165) is 10.6 Å². The summed E-state index contributed by atoms with van der Waals surface area (Å²) in [5, 5.41) is 14.6. The molecule has 5 rings (SSSR count). The number of hydrogen-bond acceptors (Lipinski definition) is 7. The summed E-state index contributed by atoms with van der Waals surface area (Å²) < 4.78 is 57.9. The monoisotopic (exact) mass is 422 g/mol. The molecule has 0 spiro atoms. The number of benzene rings is 1. The van der Waals surface area contributed by atoms with Crippen LogP contribution in [0, 0.1) is 0 Å². The van der Waals surface area contributed by atoms with Crippen molar-refractivity contribution in [2.45, 2.75) is 12.4 Å². The van der Waals surface area contributed by atoms with Crippen LogP contribution in [0.5, 0.6) is 11.5 Å². The van der Waals surface area contributed by atoms with Crippen LogP contribution in [0.1, 0.15) is 17.5 Å². The number of hydrogen-bond donors (Lipinski definition) is 1. The van der Waals surface area contributed by atoms with E-state index in [2.05, 4.69) is 10.1 Å². The highest BCUT2D eigenvalue weighted by Crippen LogP contribution is 2.38. The van der Waals surface area contributed by atoms with Crippen molar-refractivity contribution in [2.75, 3.05) is 33.1 Å². The maximum atomic E-state index is 13.8. The molecular weight excluding hydrogens is 405 g/mol. The molecule has 1 saturated heterocycles. The molecule has 0 aliphatic carbocycles. The molecule has 2 aliphatic rings. The Hall–Kier alpha value is -2.89. The Balaban J connectivity index is 1.65. The topological polar surface area (TPSA) is 81.4 Å². The molecule has 8 nitrogen and oxygen atoms in total. The number of nitrogens with zero attached hydrogens (tertiary/aromatic N) is 4. The van der Waals surface area contributed by atoms with Crippen molar-refractivity contribution in [1.29, 1.82) is 0 Å². The van der Waals surface area contributed by atoms with Gasteiger partial charge in [0.15, 0.2) is 22.8 Å². The number of alkyl halides is 3. The van der Waals surface area contributed by atoms with Gasteiger partial charge < -0.3 is 19.3 Å². The van der Waals surface area contributed by atoms with E-state index in [9.17, 15) is 18.3 Å². The average Bonchev–Trinajstić information content (AvgIpc) is 3.38. The minimum Gasteiger partial charge on any atom is -0.454 e. The third-order valence-electron chi connectivity index (χ3n) is 5.13. The zero-order chi connectivity index (χ0) is 20.9. The van der Waals surface area contributed by atoms with Gasteiger partial charge in [-0.1, -0.05) is 0 Å². The fourth-order valence-electron chi connectivity index (χ4n) is 3.59. The molecule has 0 bridgehead atoms. The molecule has 1 N–H and O–H groups in total. The molecule has 1 atom stereocenters. The molecular formula is C19H17F3N4O4. The smallest absolute Gasteiger partial charge is 0.433 e. The van der Waals surface area contributed by atoms with Gasteiger partial charge in [-0.2, -0.15) is 18.3 Å². The van der Waals surface area contributed by atoms with Gasteiger partial charge in [0.2, 0.25) is 6.79 Å². The van der Waals surface area contributed by atoms with E-state index >= 15 is 0 Å². The molecule has 1 aromatic carbocycles. The first-order valence-corrected chi connectivity index (χ1v) is 9.27. The van der Waals surface area contributed by atoms with Crippen LogP contribution >= 0.6 is 0 Å². The first-order valence-electron chi connectivity index (χ1n) is 9.27. The van der Waals surface area contributed by atoms with Crippen LogP contribution in [0.25, 0.3) is 16.9 Å². The van der Waals surface area contributed by atoms with Crippen LogP contribution in [-0.4, -0.2) is 57.7 Å². The minimum atomic E-state index is -4.67. The van der Waals surface area contributed by atoms with E-state index in [1.165, 1.54) is 6.20 Å². The van der Waals surface area contributed by atoms with Crippen LogP contribution in [0.3, 0.4) is 0 Å². The summed E-state index contributed by atoms with van der Waals surface area (Å²) in [4.78, 5) is 6.12. The molecule has 1 unspecified atom stereocenters. The number of rotatable bonds is 3. The molecule has 0 saturated carbocycles. The van der Waals surface area contributed by atoms with Gasteiger partial charge in [-0.3, -0.25) is 4.90 Å². The van der Waals surface area contributed by atoms with E-state index in [0.29, 0.717) is 43.4 Å². The lowest BCUT2D eigenvalue weighted by atomic mass is 10.1. The van der Waals surface area contributed by atoms with E-state index in [4.69, 9.17) is 14.2 Å². The van der Waals surface area contributed by atoms with Gasteiger partial charge in [-0.25, -0.2) is 9.50 Å². The molecule has 0 radical (unpaired) electrons. The Morgan fingerprint density at radius 1 is 1.07 bits per heavy atom. The molecule has 3 aromatic rings. The lowest BCUT2D eigenvalue weighted by Gasteiger charge is -2.30. The van der Waals surface area contributed by atoms with Crippen molar-refractivity contribution in [3.63, 3.8) is 0 Å². The van der Waals surface area contributed by atoms with Crippen LogP contribution < -0.4 is 9.47 Å². The fourth-order valence-corrected chi connectivity index (χ4v) is 3.59. The normalized spacial score (nSPS) is 18.1. The third-order valence-corrected chi connectivity index (χ3v) is 5.13. The molecule has 1 fully saturated rings. The van der Waals surface area contributed by atoms with Gasteiger partial charge in [0.1, 0.15) is 6.23 Å². The molecule has 2 aliphatic heterocycles. The minimum absolute atomic E-state index is 0.0531. The molecule has 2 aromatic heterocycles. The summed E-state index contributed by atoms with van der Waals surface area (Å²) in [6.45, 7) is 1.82. The van der Waals surface area contributed by atoms with Gasteiger partial charge in [0, 0.05) is 18.7 Å². The zero-order valence-electron chi connectivity index (χ0n) is 15.6. The second kappa shape index (κ2) is 7.11. The molecule has 30 heavy (non-hydrogen) atoms. The highest BCUT2D eigenvalue weighted by atomic mass is 19.4. The second-order valence-corrected chi connectivity index (χ2v) is 6.95. The summed E-state index contributed by atoms with van der Waals surface area (Å²) in [5.41, 5.74) is -0.327. The maximum Gasteiger partial charge on any atom is 0.433 e. The van der Waals surface area contributed by atoms with Gasteiger partial charge in [0.25, 0.3) is 0 Å². The van der Waals surface area contributed by atoms with Gasteiger partial charge in [0.05, 0.1) is 30.7 Å². The van der Waals surface area contributed by atoms with Gasteiger partial charge >= 0.3 is 6.18 Å². The first-order chi connectivity index (χ1) is 14.4. The molecule has 11 heteroatoms. The lowest BCUT2D eigenvalue weighted by molar-refractivity contribution is -0.142. The Bertz CT molecular complexity index is 1100. The fraction of sp³-hybridized carbons (Fsp3) is 0.368. The van der Waals surface area contributed by atoms with E-state index < -0.39 is 18.1 Å². The van der Waals surface area contributed by atoms with Crippen LogP contribution in [-0.2, 0) is 10.9 Å². The van der Waals surface area contributed by atoms with E-state index in [1.54, 1.807) is 23.1 Å². The van der Waals surface area contributed by atoms with Crippen molar-refractivity contribution < 1.29 is 32.5 Å². The predicted molar refractivity (Wildman–Crippen MR) is 96.9 cm³/mol. The van der Waals surface area contributed by atoms with Crippen molar-refractivity contribution in [3.05, 3.63) is 41.7 Å². The molecule has 4 heterocycles. The van der Waals surface area contributed by atoms with Crippen molar-refractivity contribution in [2.24, 2.45) is 0 Å². The number of aliphatic hydroxyl groups is 1. The summed E-state index contributed by atoms with van der Waals surface area (Å²) in [7, 11) is 0. The largest absolute Gasteiger partial charge is 0.454 e. The predicted octanol–water partition coefficient (Wildman–Crippen LogP) is 2.47. The molecule has 0 amide bonds. The number of aromatic nitrogens is 3. The zero-order valence-corrected chi connectivity index (χ0v) is 15.6. The standard InChI is InChI=1S/C19H17F3N4O4/c20-19(21,22)16-8-13(11-1-2-14-15(7-11)30-10-29-14)24-17-12(9-23-26(16)17)18(27)25-3-5-28-6-4-25/h1-2,7-9,18,27H,3-6,10H2. The van der Waals surface area contributed by atoms with E-state index in [1.807, 2.05) is 0 Å². The summed E-state index contributed by atoms with van der Waals surface area (Å²) in [6, 6.07) is 5.75. The lowest BCUT2D eigenvalue weighted by Crippen LogP contribution is -2.39. The first kappa shape index (κ1) is 19.1. The Morgan fingerprint density at radius 3 is 2.60 bits per heavy atom. The summed E-state index contributed by atoms with van der Waals surface area (Å²) >= 11 is 0. The third kappa shape index (κ3) is 3.24. The Labute approximate surface area is 168 Å². The van der Waals surface area contributed by atoms with Crippen LogP contribution in [0.15, 0.2) is 30.5 Å². The highest BCUT2D eigenvalue weighted by Gasteiger charge is 2.36. The molecule has 158 valence electrons. The number of aliphatic hydroxyl groups excluding tert-OH is 1. The Kier molecular flexibility index (Phi) is 4.53. The van der Waals surface area contributed by atoms with Crippen LogP contribution in [0.2, 0.25) is 0 Å². The summed E-state index contributed by atoms with van der Waals surface area (Å²) in [6.07, 6.45) is -4.59. The van der Waals surface area contributed by atoms with Gasteiger partial charge in [-0.05, 0) is 24.3 Å². The average molecular weight is 422 g/mol. The SMILES string of the molecule is OC(c1cnn2c(C(F)(F)F)cc(-c3ccc4c(c3)OCO4)nc12)N1CCOCC1. The highest BCUT2D eigenvalue weighted by molar-refractivity contribution is 5.67. The van der Waals surface area contributed by atoms with Crippen molar-refractivity contribution in [3.8, 4) is 22.8 Å². The van der Waals surface area contributed by atoms with Crippen molar-refractivity contribution in [1.82, 2.24) is 19.5 Å². The van der Waals surface area contributed by atoms with Crippen molar-refractivity contribution >= 4 is 5.65 Å². The number of ether oxygens (including phenoxy) is 3. The summed E-state index contributed by atoms with van der Waals surface area (Å²) in [5.74, 6) is 0.952. The second-order valence-electron chi connectivity index (χ2n) is 6.95. The number of morpholine rings is 1. The quantitative estimate of drug-likeness (QED) is 0.695. The number of fused-ring (bicyclic) bond motifs is 2. The van der Waals surface area contributed by atoms with Crippen LogP contribution in [0.4, 0.5) is 13.2 Å². The van der Waals surface area contributed by atoms with Gasteiger partial charge in [-0.15, -0.1) is 0 Å². The Morgan fingerprint density at radius 2 is 1.83 bits per heavy atom. The maximum absolute atomic E-state index is 13.8. The number of halogens is 3. The van der Waals surface area contributed by atoms with E-state index in [-0.39, 0.29) is 23.7 Å².